The Kier molecular flexibility index (Phi) is 3.41. The fourth-order valence-corrected chi connectivity index (χ4v) is 1.86. The fourth-order valence-electron chi connectivity index (χ4n) is 1.86. The monoisotopic (exact) mass is 236 g/mol. The molecule has 0 N–H and O–H groups in total. The topological polar surface area (TPSA) is 58.6 Å². The second kappa shape index (κ2) is 4.99. The Morgan fingerprint density at radius 3 is 2.59 bits per heavy atom. The van der Waals surface area contributed by atoms with E-state index in [1.807, 2.05) is 13.0 Å². The highest BCUT2D eigenvalue weighted by Gasteiger charge is 2.22. The molecule has 17 heavy (non-hydrogen) atoms. The van der Waals surface area contributed by atoms with E-state index in [2.05, 4.69) is 14.9 Å². The van der Waals surface area contributed by atoms with Gasteiger partial charge in [0, 0.05) is 37.9 Å². The predicted molar refractivity (Wildman–Crippen MR) is 63.0 cm³/mol. The Balaban J connectivity index is 1.97. The number of nitrogens with zero attached hydrogens (tertiary/aromatic N) is 4. The van der Waals surface area contributed by atoms with Crippen LogP contribution in [0.4, 0.5) is 10.6 Å². The number of rotatable bonds is 1. The van der Waals surface area contributed by atoms with Crippen molar-refractivity contribution < 1.29 is 9.53 Å². The Morgan fingerprint density at radius 1 is 1.29 bits per heavy atom. The number of hydrogen-bond acceptors (Lipinski definition) is 5. The Hall–Kier alpha value is -1.85. The van der Waals surface area contributed by atoms with Crippen LogP contribution < -0.4 is 4.90 Å². The van der Waals surface area contributed by atoms with E-state index in [1.54, 1.807) is 11.2 Å². The van der Waals surface area contributed by atoms with Crippen LogP contribution in [-0.4, -0.2) is 54.2 Å². The molecular weight excluding hydrogens is 220 g/mol. The van der Waals surface area contributed by atoms with Crippen LogP contribution in [0, 0.1) is 6.92 Å². The van der Waals surface area contributed by atoms with Crippen LogP contribution in [0.5, 0.6) is 0 Å². The van der Waals surface area contributed by atoms with Crippen molar-refractivity contribution in [3.8, 4) is 0 Å². The van der Waals surface area contributed by atoms with Gasteiger partial charge in [0.05, 0.1) is 7.11 Å². The molecule has 0 bridgehead atoms. The van der Waals surface area contributed by atoms with Gasteiger partial charge in [0.1, 0.15) is 12.1 Å². The van der Waals surface area contributed by atoms with Crippen molar-refractivity contribution in [3.05, 3.63) is 18.1 Å². The molecule has 0 spiro atoms. The lowest BCUT2D eigenvalue weighted by Gasteiger charge is -2.34. The molecule has 1 aromatic heterocycles. The molecule has 0 atom stereocenters. The van der Waals surface area contributed by atoms with Gasteiger partial charge in [-0.05, 0) is 6.92 Å². The van der Waals surface area contributed by atoms with Crippen LogP contribution in [-0.2, 0) is 4.74 Å². The van der Waals surface area contributed by atoms with Gasteiger partial charge in [0.2, 0.25) is 0 Å². The van der Waals surface area contributed by atoms with E-state index in [0.29, 0.717) is 13.1 Å². The summed E-state index contributed by atoms with van der Waals surface area (Å²) in [6.07, 6.45) is 1.31. The average Bonchev–Trinajstić information content (AvgIpc) is 2.38. The summed E-state index contributed by atoms with van der Waals surface area (Å²) in [5, 5.41) is 0. The highest BCUT2D eigenvalue weighted by molar-refractivity contribution is 5.67. The number of anilines is 1. The van der Waals surface area contributed by atoms with Crippen LogP contribution in [0.2, 0.25) is 0 Å². The van der Waals surface area contributed by atoms with Crippen molar-refractivity contribution in [1.82, 2.24) is 14.9 Å². The number of piperazine rings is 1. The van der Waals surface area contributed by atoms with Crippen molar-refractivity contribution in [2.75, 3.05) is 38.2 Å². The third-order valence-electron chi connectivity index (χ3n) is 2.83. The molecule has 1 aromatic rings. The molecule has 0 radical (unpaired) electrons. The van der Waals surface area contributed by atoms with Gasteiger partial charge < -0.3 is 14.5 Å². The van der Waals surface area contributed by atoms with Crippen LogP contribution in [0.15, 0.2) is 12.4 Å². The summed E-state index contributed by atoms with van der Waals surface area (Å²) in [6.45, 7) is 4.80. The molecule has 1 aliphatic heterocycles. The molecule has 1 saturated heterocycles. The average molecular weight is 236 g/mol. The quantitative estimate of drug-likeness (QED) is 0.717. The van der Waals surface area contributed by atoms with Gasteiger partial charge in [0.15, 0.2) is 0 Å². The Morgan fingerprint density at radius 2 is 2.00 bits per heavy atom. The number of amides is 1. The minimum Gasteiger partial charge on any atom is -0.453 e. The number of ether oxygens (including phenoxy) is 1. The SMILES string of the molecule is COC(=O)N1CCN(c2cc(C)ncn2)CC1. The normalized spacial score (nSPS) is 15.9. The molecule has 0 aromatic carbocycles. The Labute approximate surface area is 100 Å². The first-order chi connectivity index (χ1) is 8.20. The van der Waals surface area contributed by atoms with Gasteiger partial charge in [-0.1, -0.05) is 0 Å². The Bertz CT molecular complexity index is 402. The van der Waals surface area contributed by atoms with Crippen LogP contribution in [0.3, 0.4) is 0 Å². The maximum atomic E-state index is 11.3. The maximum absolute atomic E-state index is 11.3. The van der Waals surface area contributed by atoms with Crippen LogP contribution >= 0.6 is 0 Å². The lowest BCUT2D eigenvalue weighted by Crippen LogP contribution is -2.49. The maximum Gasteiger partial charge on any atom is 0.409 e. The molecule has 1 amide bonds. The summed E-state index contributed by atoms with van der Waals surface area (Å²) in [5.41, 5.74) is 0.949. The number of hydrogen-bond donors (Lipinski definition) is 0. The molecule has 1 aliphatic rings. The zero-order chi connectivity index (χ0) is 12.3. The molecular formula is C11H16N4O2. The van der Waals surface area contributed by atoms with E-state index in [1.165, 1.54) is 7.11 Å². The molecule has 0 unspecified atom stereocenters. The summed E-state index contributed by atoms with van der Waals surface area (Å²) in [7, 11) is 1.41. The zero-order valence-corrected chi connectivity index (χ0v) is 10.1. The smallest absolute Gasteiger partial charge is 0.409 e. The predicted octanol–water partition coefficient (Wildman–Crippen LogP) is 0.673. The standard InChI is InChI=1S/C11H16N4O2/c1-9-7-10(13-8-12-9)14-3-5-15(6-4-14)11(16)17-2/h7-8H,3-6H2,1-2H3. The highest BCUT2D eigenvalue weighted by atomic mass is 16.5. The number of methoxy groups -OCH3 is 1. The first kappa shape index (κ1) is 11.6. The first-order valence-electron chi connectivity index (χ1n) is 5.57. The number of aryl methyl sites for hydroxylation is 1. The number of carbonyl (C=O) groups is 1. The third-order valence-corrected chi connectivity index (χ3v) is 2.83. The molecule has 0 aliphatic carbocycles. The van der Waals surface area contributed by atoms with Crippen molar-refractivity contribution in [3.63, 3.8) is 0 Å². The van der Waals surface area contributed by atoms with Gasteiger partial charge in [-0.2, -0.15) is 0 Å². The van der Waals surface area contributed by atoms with E-state index < -0.39 is 0 Å². The van der Waals surface area contributed by atoms with E-state index in [9.17, 15) is 4.79 Å². The van der Waals surface area contributed by atoms with Crippen molar-refractivity contribution in [1.29, 1.82) is 0 Å². The molecule has 2 heterocycles. The van der Waals surface area contributed by atoms with Gasteiger partial charge in [-0.15, -0.1) is 0 Å². The minimum atomic E-state index is -0.261. The highest BCUT2D eigenvalue weighted by Crippen LogP contribution is 2.13. The van der Waals surface area contributed by atoms with E-state index >= 15 is 0 Å². The van der Waals surface area contributed by atoms with Crippen LogP contribution in [0.25, 0.3) is 0 Å². The van der Waals surface area contributed by atoms with Gasteiger partial charge >= 0.3 is 6.09 Å². The molecule has 2 rings (SSSR count). The fraction of sp³-hybridized carbons (Fsp3) is 0.545. The van der Waals surface area contributed by atoms with Crippen molar-refractivity contribution in [2.45, 2.75) is 6.92 Å². The summed E-state index contributed by atoms with van der Waals surface area (Å²) < 4.78 is 4.69. The molecule has 92 valence electrons. The summed E-state index contributed by atoms with van der Waals surface area (Å²) in [6, 6.07) is 1.95. The molecule has 0 saturated carbocycles. The van der Waals surface area contributed by atoms with Gasteiger partial charge in [-0.25, -0.2) is 14.8 Å². The third kappa shape index (κ3) is 2.64. The first-order valence-corrected chi connectivity index (χ1v) is 5.57. The lowest BCUT2D eigenvalue weighted by atomic mass is 10.3. The van der Waals surface area contributed by atoms with E-state index in [4.69, 9.17) is 4.74 Å². The lowest BCUT2D eigenvalue weighted by molar-refractivity contribution is 0.121. The van der Waals surface area contributed by atoms with Crippen LogP contribution in [0.1, 0.15) is 5.69 Å². The van der Waals surface area contributed by atoms with Gasteiger partial charge in [0.25, 0.3) is 0 Å². The summed E-state index contributed by atoms with van der Waals surface area (Å²) >= 11 is 0. The zero-order valence-electron chi connectivity index (χ0n) is 10.1. The molecule has 1 fully saturated rings. The second-order valence-corrected chi connectivity index (χ2v) is 3.96. The largest absolute Gasteiger partial charge is 0.453 e. The molecule has 6 nitrogen and oxygen atoms in total. The summed E-state index contributed by atoms with van der Waals surface area (Å²) in [5.74, 6) is 0.919. The van der Waals surface area contributed by atoms with Crippen molar-refractivity contribution >= 4 is 11.9 Å². The van der Waals surface area contributed by atoms with E-state index in [-0.39, 0.29) is 6.09 Å². The molecule has 6 heteroatoms. The summed E-state index contributed by atoms with van der Waals surface area (Å²) in [4.78, 5) is 23.5. The van der Waals surface area contributed by atoms with Gasteiger partial charge in [-0.3, -0.25) is 0 Å². The number of aromatic nitrogens is 2. The number of carbonyl (C=O) groups excluding carboxylic acids is 1. The second-order valence-electron chi connectivity index (χ2n) is 3.96. The van der Waals surface area contributed by atoms with E-state index in [0.717, 1.165) is 24.6 Å². The minimum absolute atomic E-state index is 0.261. The van der Waals surface area contributed by atoms with Crippen molar-refractivity contribution in [2.24, 2.45) is 0 Å².